The fourth-order valence-corrected chi connectivity index (χ4v) is 10.0. The summed E-state index contributed by atoms with van der Waals surface area (Å²) in [5.41, 5.74) is 4.97. The Bertz CT molecular complexity index is 1100. The molecule has 1 aromatic carbocycles. The van der Waals surface area contributed by atoms with Crippen LogP contribution in [-0.4, -0.2) is 0 Å². The fraction of sp³-hybridized carbons (Fsp3) is 0.515. The van der Waals surface area contributed by atoms with E-state index >= 15 is 0 Å². The molecule has 8 aliphatic rings. The molecule has 0 heteroatoms. The van der Waals surface area contributed by atoms with E-state index in [1.807, 2.05) is 0 Å². The van der Waals surface area contributed by atoms with Gasteiger partial charge in [-0.1, -0.05) is 84.5 Å². The fourth-order valence-electron chi connectivity index (χ4n) is 10.0. The molecule has 0 aliphatic heterocycles. The van der Waals surface area contributed by atoms with Crippen molar-refractivity contribution in [3.8, 4) is 0 Å². The van der Waals surface area contributed by atoms with E-state index in [4.69, 9.17) is 0 Å². The normalized spacial score (nSPS) is 48.2. The molecule has 0 heterocycles. The molecule has 0 N–H and O–H groups in total. The first-order valence-electron chi connectivity index (χ1n) is 13.8. The maximum Gasteiger partial charge on any atom is -0.00111 e. The van der Waals surface area contributed by atoms with Crippen LogP contribution in [0.25, 0.3) is 0 Å². The molecule has 11 atom stereocenters. The maximum atomic E-state index is 2.55. The second kappa shape index (κ2) is 7.21. The molecule has 8 aliphatic carbocycles. The van der Waals surface area contributed by atoms with Crippen molar-refractivity contribution in [3.63, 3.8) is 0 Å². The first-order chi connectivity index (χ1) is 16.3. The molecule has 1 aromatic rings. The van der Waals surface area contributed by atoms with Gasteiger partial charge < -0.3 is 0 Å². The van der Waals surface area contributed by atoms with Gasteiger partial charge in [-0.25, -0.2) is 0 Å². The summed E-state index contributed by atoms with van der Waals surface area (Å²) in [4.78, 5) is 0. The van der Waals surface area contributed by atoms with E-state index in [0.717, 1.165) is 65.1 Å². The van der Waals surface area contributed by atoms with Crippen LogP contribution in [0.5, 0.6) is 0 Å². The highest BCUT2D eigenvalue weighted by atomic mass is 14.6. The van der Waals surface area contributed by atoms with Gasteiger partial charge in [0.1, 0.15) is 0 Å². The van der Waals surface area contributed by atoms with Crippen LogP contribution in [-0.2, 0) is 0 Å². The third kappa shape index (κ3) is 2.82. The molecule has 0 saturated heterocycles. The molecule has 33 heavy (non-hydrogen) atoms. The standard InChI is InChI=1S/C18H20.C15H16/c1-2-4-11(5-3-1)15-9-14-10-16(15)18-13-7-6-12(8-13)17(14)18;1-2-4-11-9-15-13-6-5-12(7-13)14(15)8-10(11)3-1/h1-7,12-18H,8-10H2;1-3,5-6,8,11-13,15H,4,7,9H2. The van der Waals surface area contributed by atoms with Crippen LogP contribution in [0.2, 0.25) is 0 Å². The van der Waals surface area contributed by atoms with Gasteiger partial charge in [0.25, 0.3) is 0 Å². The first-order valence-corrected chi connectivity index (χ1v) is 13.8. The van der Waals surface area contributed by atoms with Gasteiger partial charge in [0.05, 0.1) is 0 Å². The Kier molecular flexibility index (Phi) is 4.20. The minimum absolute atomic E-state index is 0.799. The van der Waals surface area contributed by atoms with Crippen molar-refractivity contribution in [2.24, 2.45) is 59.2 Å². The van der Waals surface area contributed by atoms with Gasteiger partial charge in [-0.15, -0.1) is 0 Å². The third-order valence-electron chi connectivity index (χ3n) is 11.2. The molecule has 4 fully saturated rings. The number of rotatable bonds is 1. The van der Waals surface area contributed by atoms with E-state index < -0.39 is 0 Å². The minimum Gasteiger partial charge on any atom is -0.0848 e. The summed E-state index contributed by atoms with van der Waals surface area (Å²) in [6.45, 7) is 0. The summed E-state index contributed by atoms with van der Waals surface area (Å²) in [6.07, 6.45) is 28.0. The Hall–Kier alpha value is -2.08. The Balaban J connectivity index is 0.000000110. The number of hydrogen-bond donors (Lipinski definition) is 0. The summed E-state index contributed by atoms with van der Waals surface area (Å²) in [7, 11) is 0. The lowest BCUT2D eigenvalue weighted by Crippen LogP contribution is -2.29. The maximum absolute atomic E-state index is 2.55. The number of fused-ring (bicyclic) bond motifs is 15. The van der Waals surface area contributed by atoms with Crippen molar-refractivity contribution in [1.29, 1.82) is 0 Å². The molecule has 6 bridgehead atoms. The third-order valence-corrected chi connectivity index (χ3v) is 11.2. The van der Waals surface area contributed by atoms with Crippen molar-refractivity contribution in [3.05, 3.63) is 95.6 Å². The van der Waals surface area contributed by atoms with Gasteiger partial charge in [0, 0.05) is 0 Å². The summed E-state index contributed by atoms with van der Waals surface area (Å²) < 4.78 is 0. The number of allylic oxidation sites excluding steroid dienone is 10. The summed E-state index contributed by atoms with van der Waals surface area (Å²) in [5, 5.41) is 0. The van der Waals surface area contributed by atoms with Crippen LogP contribution in [0.3, 0.4) is 0 Å². The van der Waals surface area contributed by atoms with Crippen molar-refractivity contribution in [1.82, 2.24) is 0 Å². The highest BCUT2D eigenvalue weighted by molar-refractivity contribution is 5.43. The van der Waals surface area contributed by atoms with Gasteiger partial charge in [-0.2, -0.15) is 0 Å². The Morgan fingerprint density at radius 3 is 2.45 bits per heavy atom. The Labute approximate surface area is 199 Å². The molecular weight excluding hydrogens is 396 g/mol. The van der Waals surface area contributed by atoms with Crippen LogP contribution >= 0.6 is 0 Å². The van der Waals surface area contributed by atoms with Crippen LogP contribution < -0.4 is 0 Å². The smallest absolute Gasteiger partial charge is 0.00111 e. The molecule has 4 saturated carbocycles. The van der Waals surface area contributed by atoms with Crippen LogP contribution in [0, 0.1) is 59.2 Å². The van der Waals surface area contributed by atoms with Gasteiger partial charge in [-0.3, -0.25) is 0 Å². The van der Waals surface area contributed by atoms with Gasteiger partial charge in [-0.05, 0) is 115 Å². The van der Waals surface area contributed by atoms with Crippen LogP contribution in [0.4, 0.5) is 0 Å². The zero-order valence-corrected chi connectivity index (χ0v) is 19.6. The first kappa shape index (κ1) is 19.2. The quantitative estimate of drug-likeness (QED) is 0.313. The topological polar surface area (TPSA) is 0 Å². The molecule has 0 aromatic heterocycles. The van der Waals surface area contributed by atoms with Gasteiger partial charge in [0.2, 0.25) is 0 Å². The van der Waals surface area contributed by atoms with E-state index in [1.165, 1.54) is 38.5 Å². The lowest BCUT2D eigenvalue weighted by atomic mass is 9.68. The van der Waals surface area contributed by atoms with Crippen molar-refractivity contribution < 1.29 is 0 Å². The summed E-state index contributed by atoms with van der Waals surface area (Å²) in [6, 6.07) is 11.3. The van der Waals surface area contributed by atoms with E-state index in [1.54, 1.807) is 16.7 Å². The second-order valence-electron chi connectivity index (χ2n) is 12.4. The summed E-state index contributed by atoms with van der Waals surface area (Å²) >= 11 is 0. The van der Waals surface area contributed by atoms with Gasteiger partial charge >= 0.3 is 0 Å². The molecule has 11 unspecified atom stereocenters. The van der Waals surface area contributed by atoms with Gasteiger partial charge in [0.15, 0.2) is 0 Å². The molecule has 0 radical (unpaired) electrons. The Morgan fingerprint density at radius 1 is 0.697 bits per heavy atom. The largest absolute Gasteiger partial charge is 0.0848 e. The predicted molar refractivity (Wildman–Crippen MR) is 135 cm³/mol. The zero-order chi connectivity index (χ0) is 21.5. The predicted octanol–water partition coefficient (Wildman–Crippen LogP) is 7.89. The van der Waals surface area contributed by atoms with E-state index in [0.29, 0.717) is 0 Å². The van der Waals surface area contributed by atoms with Crippen molar-refractivity contribution in [2.45, 2.75) is 44.4 Å². The SMILES string of the molecule is C1=CC2CC1C1C3CC(c4ccccc4)C(C3)C21.C1=CCC2CC3C(=CC2=C1)C1C=CC3C1. The van der Waals surface area contributed by atoms with E-state index in [-0.39, 0.29) is 0 Å². The molecule has 0 spiro atoms. The van der Waals surface area contributed by atoms with E-state index in [9.17, 15) is 0 Å². The average molecular weight is 433 g/mol. The second-order valence-corrected chi connectivity index (χ2v) is 12.4. The number of hydrogen-bond acceptors (Lipinski definition) is 0. The van der Waals surface area contributed by atoms with Crippen LogP contribution in [0.1, 0.15) is 50.0 Å². The molecular formula is C33H36. The lowest BCUT2D eigenvalue weighted by molar-refractivity contribution is 0.185. The van der Waals surface area contributed by atoms with Crippen LogP contribution in [0.15, 0.2) is 90.1 Å². The molecule has 168 valence electrons. The minimum atomic E-state index is 0.799. The highest BCUT2D eigenvalue weighted by Gasteiger charge is 2.60. The average Bonchev–Trinajstić information content (AvgIpc) is 3.71. The highest BCUT2D eigenvalue weighted by Crippen LogP contribution is 2.68. The van der Waals surface area contributed by atoms with Crippen molar-refractivity contribution in [2.75, 3.05) is 0 Å². The monoisotopic (exact) mass is 432 g/mol. The summed E-state index contributed by atoms with van der Waals surface area (Å²) in [5.74, 6) is 10.4. The van der Waals surface area contributed by atoms with E-state index in [2.05, 4.69) is 78.9 Å². The molecule has 9 rings (SSSR count). The number of benzene rings is 1. The molecule has 0 amide bonds. The zero-order valence-electron chi connectivity index (χ0n) is 19.6. The lowest BCUT2D eigenvalue weighted by Gasteiger charge is -2.37. The van der Waals surface area contributed by atoms with Crippen molar-refractivity contribution >= 4 is 0 Å². The molecule has 0 nitrogen and oxygen atoms in total. The Morgan fingerprint density at radius 2 is 1.55 bits per heavy atom.